The van der Waals surface area contributed by atoms with Gasteiger partial charge in [0.2, 0.25) is 5.78 Å². The first-order chi connectivity index (χ1) is 19.5. The van der Waals surface area contributed by atoms with Gasteiger partial charge < -0.3 is 41.4 Å². The van der Waals surface area contributed by atoms with Crippen LogP contribution in [0, 0.1) is 11.8 Å². The number of aromatic hydroxyl groups is 1. The predicted octanol–water partition coefficient (Wildman–Crippen LogP) is 0.686. The number of nitrogens with zero attached hydrogens (tertiary/aromatic N) is 1. The third kappa shape index (κ3) is 3.84. The van der Waals surface area contributed by atoms with Gasteiger partial charge in [-0.15, -0.1) is 0 Å². The van der Waals surface area contributed by atoms with Gasteiger partial charge in [0.05, 0.1) is 18.7 Å². The van der Waals surface area contributed by atoms with Crippen LogP contribution in [0.4, 0.5) is 0 Å². The van der Waals surface area contributed by atoms with E-state index in [2.05, 4.69) is 4.90 Å². The van der Waals surface area contributed by atoms with Gasteiger partial charge in [0, 0.05) is 47.9 Å². The van der Waals surface area contributed by atoms with Crippen LogP contribution in [-0.4, -0.2) is 87.4 Å². The summed E-state index contributed by atoms with van der Waals surface area (Å²) in [4.78, 5) is 41.0. The molecule has 12 heteroatoms. The first-order valence-corrected chi connectivity index (χ1v) is 14.0. The molecule has 5 atom stereocenters. The van der Waals surface area contributed by atoms with Gasteiger partial charge in [-0.1, -0.05) is 0 Å². The molecule has 5 aliphatic rings. The van der Waals surface area contributed by atoms with Crippen molar-refractivity contribution in [3.63, 3.8) is 0 Å². The molecule has 220 valence electrons. The number of aliphatic hydroxyl groups excluding tert-OH is 2. The van der Waals surface area contributed by atoms with Crippen molar-refractivity contribution < 1.29 is 44.3 Å². The summed E-state index contributed by atoms with van der Waals surface area (Å²) in [6, 6.07) is 0.401. The Morgan fingerprint density at radius 2 is 1.88 bits per heavy atom. The van der Waals surface area contributed by atoms with E-state index in [1.807, 2.05) is 0 Å². The number of benzene rings is 1. The number of phenolic OH excluding ortho intramolecular Hbond substituents is 1. The Morgan fingerprint density at radius 1 is 1.17 bits per heavy atom. The van der Waals surface area contributed by atoms with Crippen molar-refractivity contribution in [3.8, 4) is 11.5 Å². The van der Waals surface area contributed by atoms with Crippen LogP contribution in [0.2, 0.25) is 0 Å². The van der Waals surface area contributed by atoms with Crippen LogP contribution in [0.25, 0.3) is 5.76 Å². The molecule has 0 aromatic heterocycles. The van der Waals surface area contributed by atoms with Gasteiger partial charge in [0.25, 0.3) is 5.91 Å². The maximum absolute atomic E-state index is 13.8. The van der Waals surface area contributed by atoms with Crippen LogP contribution in [0.5, 0.6) is 11.5 Å². The molecule has 2 saturated heterocycles. The number of nitrogens with two attached hydrogens (primary N) is 2. The number of ketones is 2. The zero-order chi connectivity index (χ0) is 29.4. The molecule has 1 aromatic carbocycles. The minimum absolute atomic E-state index is 0.0117. The number of likely N-dealkylation sites (tertiary alicyclic amines) is 1. The Bertz CT molecular complexity index is 1410. The van der Waals surface area contributed by atoms with Gasteiger partial charge >= 0.3 is 0 Å². The van der Waals surface area contributed by atoms with Gasteiger partial charge in [-0.05, 0) is 57.1 Å². The molecule has 0 radical (unpaired) electrons. The number of aliphatic hydroxyl groups is 3. The van der Waals surface area contributed by atoms with Crippen LogP contribution in [0.1, 0.15) is 54.8 Å². The summed E-state index contributed by atoms with van der Waals surface area (Å²) in [5.74, 6) is -6.81. The van der Waals surface area contributed by atoms with Gasteiger partial charge in [-0.25, -0.2) is 0 Å². The van der Waals surface area contributed by atoms with Crippen molar-refractivity contribution in [1.82, 2.24) is 4.90 Å². The highest BCUT2D eigenvalue weighted by molar-refractivity contribution is 6.24. The summed E-state index contributed by atoms with van der Waals surface area (Å²) in [6.45, 7) is 2.29. The van der Waals surface area contributed by atoms with Crippen LogP contribution in [0.15, 0.2) is 23.0 Å². The van der Waals surface area contributed by atoms with Crippen LogP contribution >= 0.6 is 0 Å². The Morgan fingerprint density at radius 3 is 2.54 bits per heavy atom. The highest BCUT2D eigenvalue weighted by atomic mass is 16.5. The molecule has 3 fully saturated rings. The van der Waals surface area contributed by atoms with Gasteiger partial charge in [-0.3, -0.25) is 19.3 Å². The minimum atomic E-state index is -2.73. The van der Waals surface area contributed by atoms with Crippen molar-refractivity contribution in [2.75, 3.05) is 26.9 Å². The number of methoxy groups -OCH3 is 1. The van der Waals surface area contributed by atoms with Crippen molar-refractivity contribution >= 4 is 23.2 Å². The third-order valence-electron chi connectivity index (χ3n) is 9.75. The number of carbonyl (C=O) groups is 3. The van der Waals surface area contributed by atoms with E-state index < -0.39 is 58.0 Å². The first-order valence-electron chi connectivity index (χ1n) is 14.0. The van der Waals surface area contributed by atoms with Crippen LogP contribution < -0.4 is 16.2 Å². The number of phenols is 1. The molecule has 1 saturated carbocycles. The Labute approximate surface area is 236 Å². The van der Waals surface area contributed by atoms with E-state index in [9.17, 15) is 34.8 Å². The third-order valence-corrected chi connectivity index (χ3v) is 9.75. The average molecular weight is 570 g/mol. The fourth-order valence-electron chi connectivity index (χ4n) is 7.86. The summed E-state index contributed by atoms with van der Waals surface area (Å²) in [6.07, 6.45) is 3.75. The molecule has 12 nitrogen and oxygen atoms in total. The number of carbonyl (C=O) groups excluding carboxylic acids is 3. The van der Waals surface area contributed by atoms with Crippen molar-refractivity contribution in [2.45, 2.75) is 62.3 Å². The smallest absolute Gasteiger partial charge is 0.255 e. The van der Waals surface area contributed by atoms with E-state index in [-0.39, 0.29) is 35.8 Å². The Hall–Kier alpha value is -3.45. The lowest BCUT2D eigenvalue weighted by Gasteiger charge is -2.48. The molecule has 0 bridgehead atoms. The van der Waals surface area contributed by atoms with Crippen LogP contribution in [0.3, 0.4) is 0 Å². The van der Waals surface area contributed by atoms with Crippen molar-refractivity contribution in [2.24, 2.45) is 23.3 Å². The number of fused-ring (bicyclic) bond motifs is 3. The standard InChI is InChI=1S/C29H35N3O9/c1-40-25-14(17-3-2-6-32(17)13-4-7-41-8-5-13)11-18(33)20-15(25)9-12-10-16-22(30)24(35)21(28(31)38)27(37)29(16,39)26(36)19(12)23(20)34/h11-13,16-17,22,33-34,37,39H,2-10,30H2,1H3,(H2,31,38)/t12-,16-,17-,22-,29-/m0/s1. The highest BCUT2D eigenvalue weighted by Crippen LogP contribution is 2.54. The number of ether oxygens (including phenoxy) is 2. The summed E-state index contributed by atoms with van der Waals surface area (Å²) < 4.78 is 11.5. The lowest BCUT2D eigenvalue weighted by atomic mass is 9.58. The fourth-order valence-corrected chi connectivity index (χ4v) is 7.86. The quantitative estimate of drug-likeness (QED) is 0.278. The second kappa shape index (κ2) is 9.83. The number of hydrogen-bond donors (Lipinski definition) is 6. The second-order valence-electron chi connectivity index (χ2n) is 11.7. The molecule has 41 heavy (non-hydrogen) atoms. The molecule has 0 unspecified atom stereocenters. The Kier molecular flexibility index (Phi) is 6.64. The van der Waals surface area contributed by atoms with Gasteiger partial charge in [0.15, 0.2) is 11.4 Å². The molecule has 2 aliphatic heterocycles. The maximum atomic E-state index is 13.8. The summed E-state index contributed by atoms with van der Waals surface area (Å²) >= 11 is 0. The summed E-state index contributed by atoms with van der Waals surface area (Å²) in [7, 11) is 1.52. The number of Topliss-reactive ketones (excluding diaryl/α,β-unsaturated/α-hetero) is 2. The number of rotatable bonds is 4. The summed E-state index contributed by atoms with van der Waals surface area (Å²) in [5, 5.41) is 45.0. The lowest BCUT2D eigenvalue weighted by Crippen LogP contribution is -2.65. The molecule has 1 aromatic rings. The van der Waals surface area contributed by atoms with Gasteiger partial charge in [-0.2, -0.15) is 0 Å². The van der Waals surface area contributed by atoms with E-state index in [1.54, 1.807) is 6.07 Å². The molecular weight excluding hydrogens is 534 g/mol. The van der Waals surface area contributed by atoms with Crippen molar-refractivity contribution in [1.29, 1.82) is 0 Å². The number of primary amides is 1. The summed E-state index contributed by atoms with van der Waals surface area (Å²) in [5.41, 5.74) is 8.81. The fraction of sp³-hybridized carbons (Fsp3) is 0.552. The van der Waals surface area contributed by atoms with Crippen molar-refractivity contribution in [3.05, 3.63) is 39.7 Å². The zero-order valence-corrected chi connectivity index (χ0v) is 22.8. The van der Waals surface area contributed by atoms with E-state index in [0.29, 0.717) is 30.6 Å². The molecule has 2 heterocycles. The predicted molar refractivity (Wildman–Crippen MR) is 144 cm³/mol. The molecule has 8 N–H and O–H groups in total. The molecule has 1 amide bonds. The zero-order valence-electron chi connectivity index (χ0n) is 22.8. The van der Waals surface area contributed by atoms with Gasteiger partial charge in [0.1, 0.15) is 28.6 Å². The molecule has 0 spiro atoms. The van der Waals surface area contributed by atoms with E-state index in [4.69, 9.17) is 20.9 Å². The molecule has 3 aliphatic carbocycles. The first kappa shape index (κ1) is 27.7. The second-order valence-corrected chi connectivity index (χ2v) is 11.7. The number of amides is 1. The van der Waals surface area contributed by atoms with Crippen LogP contribution in [-0.2, 0) is 25.5 Å². The Balaban J connectivity index is 1.47. The lowest BCUT2D eigenvalue weighted by molar-refractivity contribution is -0.149. The maximum Gasteiger partial charge on any atom is 0.255 e. The minimum Gasteiger partial charge on any atom is -0.508 e. The number of hydrogen-bond acceptors (Lipinski definition) is 11. The largest absolute Gasteiger partial charge is 0.508 e. The average Bonchev–Trinajstić information content (AvgIpc) is 3.43. The van der Waals surface area contributed by atoms with E-state index in [1.165, 1.54) is 7.11 Å². The van der Waals surface area contributed by atoms with E-state index in [0.717, 1.165) is 37.8 Å². The molecule has 6 rings (SSSR count). The molecular formula is C29H35N3O9. The highest BCUT2D eigenvalue weighted by Gasteiger charge is 2.63. The SMILES string of the molecule is COc1c([C@@H]2CCCN2C2CCOCC2)cc(O)c2c1C[C@H]1C[C@H]3[C@H](N)C(=O)C(C(N)=O)=C(O)[C@@]3(O)C(=O)C1=C2O. The monoisotopic (exact) mass is 569 g/mol. The normalized spacial score (nSPS) is 32.6. The topological polar surface area (TPSA) is 206 Å². The van der Waals surface area contributed by atoms with E-state index >= 15 is 0 Å².